The van der Waals surface area contributed by atoms with Gasteiger partial charge in [0.15, 0.2) is 0 Å². The van der Waals surface area contributed by atoms with E-state index >= 15 is 0 Å². The molecular weight excluding hydrogens is 294 g/mol. The highest BCUT2D eigenvalue weighted by atomic mass is 16.5. The number of ether oxygens (including phenoxy) is 1. The van der Waals surface area contributed by atoms with E-state index in [0.29, 0.717) is 17.9 Å². The van der Waals surface area contributed by atoms with E-state index in [9.17, 15) is 9.59 Å². The molecular formula is C17H25N3O3. The summed E-state index contributed by atoms with van der Waals surface area (Å²) in [5, 5.41) is 2.88. The summed E-state index contributed by atoms with van der Waals surface area (Å²) in [7, 11) is 0. The van der Waals surface area contributed by atoms with E-state index in [1.807, 2.05) is 13.0 Å². The lowest BCUT2D eigenvalue weighted by atomic mass is 9.96. The van der Waals surface area contributed by atoms with Gasteiger partial charge in [0, 0.05) is 6.04 Å². The van der Waals surface area contributed by atoms with Crippen LogP contribution in [0.15, 0.2) is 24.3 Å². The highest BCUT2D eigenvalue weighted by molar-refractivity contribution is 5.97. The molecule has 23 heavy (non-hydrogen) atoms. The maximum absolute atomic E-state index is 12.2. The van der Waals surface area contributed by atoms with Gasteiger partial charge in [0.1, 0.15) is 5.75 Å². The molecule has 0 heterocycles. The Morgan fingerprint density at radius 3 is 2.61 bits per heavy atom. The SMILES string of the molecule is CCCOc1ccccc1C(=O)NNC(=O)NC1CCCCC1. The van der Waals surface area contributed by atoms with Gasteiger partial charge in [0.2, 0.25) is 0 Å². The van der Waals surface area contributed by atoms with Crippen LogP contribution in [0.4, 0.5) is 4.79 Å². The molecule has 2 rings (SSSR count). The van der Waals surface area contributed by atoms with Gasteiger partial charge in [0.05, 0.1) is 12.2 Å². The van der Waals surface area contributed by atoms with E-state index in [1.165, 1.54) is 6.42 Å². The van der Waals surface area contributed by atoms with Crippen LogP contribution in [0.1, 0.15) is 55.8 Å². The van der Waals surface area contributed by atoms with Crippen LogP contribution in [-0.2, 0) is 0 Å². The molecule has 1 aromatic rings. The Hall–Kier alpha value is -2.24. The molecule has 6 nitrogen and oxygen atoms in total. The third-order valence-electron chi connectivity index (χ3n) is 3.82. The van der Waals surface area contributed by atoms with Crippen molar-refractivity contribution >= 4 is 11.9 Å². The minimum atomic E-state index is -0.393. The maximum atomic E-state index is 12.2. The molecule has 3 N–H and O–H groups in total. The highest BCUT2D eigenvalue weighted by Gasteiger charge is 2.17. The van der Waals surface area contributed by atoms with Crippen LogP contribution in [0.25, 0.3) is 0 Å². The predicted octanol–water partition coefficient (Wildman–Crippen LogP) is 2.75. The van der Waals surface area contributed by atoms with Crippen LogP contribution < -0.4 is 20.9 Å². The number of hydrazine groups is 1. The standard InChI is InChI=1S/C17H25N3O3/c1-2-12-23-15-11-7-6-10-14(15)16(21)19-20-17(22)18-13-8-4-3-5-9-13/h6-7,10-11,13H,2-5,8-9,12H2,1H3,(H,19,21)(H2,18,20,22). The van der Waals surface area contributed by atoms with E-state index in [-0.39, 0.29) is 12.1 Å². The number of carbonyl (C=O) groups excluding carboxylic acids is 2. The molecule has 1 aromatic carbocycles. The van der Waals surface area contributed by atoms with Crippen molar-refractivity contribution in [2.24, 2.45) is 0 Å². The number of nitrogens with one attached hydrogen (secondary N) is 3. The van der Waals surface area contributed by atoms with Crippen LogP contribution in [0.5, 0.6) is 5.75 Å². The van der Waals surface area contributed by atoms with Crippen molar-refractivity contribution < 1.29 is 14.3 Å². The van der Waals surface area contributed by atoms with Crippen LogP contribution in [-0.4, -0.2) is 24.6 Å². The van der Waals surface area contributed by atoms with Gasteiger partial charge < -0.3 is 10.1 Å². The summed E-state index contributed by atoms with van der Waals surface area (Å²) in [5.74, 6) is 0.122. The lowest BCUT2D eigenvalue weighted by Crippen LogP contribution is -2.50. The average Bonchev–Trinajstić information content (AvgIpc) is 2.59. The third kappa shape index (κ3) is 5.47. The lowest BCUT2D eigenvalue weighted by Gasteiger charge is -2.22. The number of hydrogen-bond acceptors (Lipinski definition) is 3. The summed E-state index contributed by atoms with van der Waals surface area (Å²) in [5.41, 5.74) is 5.23. The van der Waals surface area contributed by atoms with Crippen LogP contribution >= 0.6 is 0 Å². The minimum absolute atomic E-state index is 0.195. The van der Waals surface area contributed by atoms with Gasteiger partial charge in [-0.2, -0.15) is 0 Å². The van der Waals surface area contributed by atoms with E-state index < -0.39 is 5.91 Å². The van der Waals surface area contributed by atoms with Crippen molar-refractivity contribution in [2.75, 3.05) is 6.61 Å². The van der Waals surface area contributed by atoms with Crippen molar-refractivity contribution in [3.05, 3.63) is 29.8 Å². The van der Waals surface area contributed by atoms with Crippen LogP contribution in [0.3, 0.4) is 0 Å². The van der Waals surface area contributed by atoms with Gasteiger partial charge in [-0.15, -0.1) is 0 Å². The predicted molar refractivity (Wildman–Crippen MR) is 88.2 cm³/mol. The van der Waals surface area contributed by atoms with Crippen molar-refractivity contribution in [3.8, 4) is 5.75 Å². The van der Waals surface area contributed by atoms with Crippen molar-refractivity contribution in [3.63, 3.8) is 0 Å². The van der Waals surface area contributed by atoms with E-state index in [0.717, 1.165) is 32.1 Å². The molecule has 1 aliphatic rings. The molecule has 0 atom stereocenters. The summed E-state index contributed by atoms with van der Waals surface area (Å²) >= 11 is 0. The van der Waals surface area contributed by atoms with Crippen LogP contribution in [0, 0.1) is 0 Å². The van der Waals surface area contributed by atoms with Gasteiger partial charge in [-0.05, 0) is 31.4 Å². The average molecular weight is 319 g/mol. The summed E-state index contributed by atoms with van der Waals surface area (Å²) in [6.45, 7) is 2.54. The normalized spacial score (nSPS) is 14.8. The second kappa shape index (κ2) is 9.02. The van der Waals surface area contributed by atoms with Crippen molar-refractivity contribution in [2.45, 2.75) is 51.5 Å². The first-order valence-electron chi connectivity index (χ1n) is 8.29. The smallest absolute Gasteiger partial charge is 0.333 e. The van der Waals surface area contributed by atoms with Gasteiger partial charge >= 0.3 is 6.03 Å². The number of hydrogen-bond donors (Lipinski definition) is 3. The fourth-order valence-corrected chi connectivity index (χ4v) is 2.64. The molecule has 0 radical (unpaired) electrons. The first kappa shape index (κ1) is 17.1. The third-order valence-corrected chi connectivity index (χ3v) is 3.82. The zero-order valence-electron chi connectivity index (χ0n) is 13.6. The monoisotopic (exact) mass is 319 g/mol. The van der Waals surface area contributed by atoms with E-state index in [1.54, 1.807) is 18.2 Å². The number of benzene rings is 1. The minimum Gasteiger partial charge on any atom is -0.493 e. The topological polar surface area (TPSA) is 79.5 Å². The zero-order valence-corrected chi connectivity index (χ0v) is 13.6. The van der Waals surface area contributed by atoms with E-state index in [4.69, 9.17) is 4.74 Å². The fraction of sp³-hybridized carbons (Fsp3) is 0.529. The Labute approximate surface area is 136 Å². The molecule has 1 aliphatic carbocycles. The summed E-state index contributed by atoms with van der Waals surface area (Å²) in [4.78, 5) is 24.0. The molecule has 3 amide bonds. The Morgan fingerprint density at radius 1 is 1.13 bits per heavy atom. The molecule has 0 unspecified atom stereocenters. The Morgan fingerprint density at radius 2 is 1.87 bits per heavy atom. The van der Waals surface area contributed by atoms with Gasteiger partial charge in [-0.25, -0.2) is 10.2 Å². The first-order valence-corrected chi connectivity index (χ1v) is 8.29. The van der Waals surface area contributed by atoms with Crippen molar-refractivity contribution in [1.82, 2.24) is 16.2 Å². The number of amides is 3. The fourth-order valence-electron chi connectivity index (χ4n) is 2.64. The molecule has 0 aliphatic heterocycles. The molecule has 0 aromatic heterocycles. The molecule has 1 fully saturated rings. The highest BCUT2D eigenvalue weighted by Crippen LogP contribution is 2.18. The Bertz CT molecular complexity index is 528. The van der Waals surface area contributed by atoms with Crippen LogP contribution in [0.2, 0.25) is 0 Å². The summed E-state index contributed by atoms with van der Waals surface area (Å²) in [6, 6.07) is 6.80. The summed E-state index contributed by atoms with van der Waals surface area (Å²) in [6.07, 6.45) is 6.35. The largest absolute Gasteiger partial charge is 0.493 e. The number of para-hydroxylation sites is 1. The zero-order chi connectivity index (χ0) is 16.5. The molecule has 6 heteroatoms. The molecule has 126 valence electrons. The lowest BCUT2D eigenvalue weighted by molar-refractivity contribution is 0.0931. The van der Waals surface area contributed by atoms with Gasteiger partial charge in [0.25, 0.3) is 5.91 Å². The molecule has 0 saturated heterocycles. The Kier molecular flexibility index (Phi) is 6.72. The second-order valence-corrected chi connectivity index (χ2v) is 5.73. The number of rotatable bonds is 5. The quantitative estimate of drug-likeness (QED) is 0.730. The van der Waals surface area contributed by atoms with Gasteiger partial charge in [-0.1, -0.05) is 38.3 Å². The van der Waals surface area contributed by atoms with Crippen molar-refractivity contribution in [1.29, 1.82) is 0 Å². The summed E-state index contributed by atoms with van der Waals surface area (Å²) < 4.78 is 5.55. The molecule has 0 spiro atoms. The second-order valence-electron chi connectivity index (χ2n) is 5.73. The number of carbonyl (C=O) groups is 2. The maximum Gasteiger partial charge on any atom is 0.333 e. The molecule has 1 saturated carbocycles. The Balaban J connectivity index is 1.83. The first-order chi connectivity index (χ1) is 11.2. The molecule has 0 bridgehead atoms. The van der Waals surface area contributed by atoms with Gasteiger partial charge in [-0.3, -0.25) is 10.2 Å². The number of urea groups is 1. The van der Waals surface area contributed by atoms with E-state index in [2.05, 4.69) is 16.2 Å².